The van der Waals surface area contributed by atoms with Crippen molar-refractivity contribution in [3.63, 3.8) is 0 Å². The molecule has 100 valence electrons. The van der Waals surface area contributed by atoms with E-state index in [1.54, 1.807) is 6.08 Å². The zero-order chi connectivity index (χ0) is 14.0. The van der Waals surface area contributed by atoms with Crippen LogP contribution < -0.4 is 40.6 Å². The molecule has 0 heterocycles. The van der Waals surface area contributed by atoms with Crippen LogP contribution in [0, 0.1) is 0 Å². The molecule has 0 aliphatic rings. The van der Waals surface area contributed by atoms with Crippen molar-refractivity contribution in [2.24, 2.45) is 5.73 Å². The summed E-state index contributed by atoms with van der Waals surface area (Å²) in [6, 6.07) is 9.73. The summed E-state index contributed by atoms with van der Waals surface area (Å²) in [4.78, 5) is 19.9. The van der Waals surface area contributed by atoms with Crippen LogP contribution in [-0.4, -0.2) is 10.5 Å². The summed E-state index contributed by atoms with van der Waals surface area (Å²) in [7, 11) is 0. The van der Waals surface area contributed by atoms with E-state index >= 15 is 0 Å². The Balaban J connectivity index is -0.000000429. The quantitative estimate of drug-likeness (QED) is 0.361. The summed E-state index contributed by atoms with van der Waals surface area (Å²) >= 11 is 6.80. The van der Waals surface area contributed by atoms with E-state index in [9.17, 15) is 4.79 Å². The Morgan fingerprint density at radius 3 is 2.21 bits per heavy atom. The normalized spacial score (nSPS) is 10.0. The van der Waals surface area contributed by atoms with Crippen LogP contribution in [0.1, 0.15) is 19.5 Å². The molecular formula is C12H17N2NaO2S2. The van der Waals surface area contributed by atoms with Gasteiger partial charge in [0, 0.05) is 0 Å². The molecule has 1 atom stereocenters. The zero-order valence-corrected chi connectivity index (χ0v) is 14.5. The summed E-state index contributed by atoms with van der Waals surface area (Å²) in [5.41, 5.74) is 5.40. The molecule has 19 heavy (non-hydrogen) atoms. The molecule has 4 nitrogen and oxygen atoms in total. The van der Waals surface area contributed by atoms with Crippen molar-refractivity contribution < 1.29 is 40.6 Å². The summed E-state index contributed by atoms with van der Waals surface area (Å²) in [6.45, 7) is 3.66. The molecule has 1 unspecified atom stereocenters. The second-order valence-electron chi connectivity index (χ2n) is 3.28. The topological polar surface area (TPSA) is 72.2 Å². The number of benzene rings is 1. The molecule has 0 aromatic heterocycles. The number of carbonyl (C=O) groups excluding carboxylic acids is 2. The third kappa shape index (κ3) is 12.4. The first-order valence-corrected chi connectivity index (χ1v) is 6.00. The van der Waals surface area contributed by atoms with Crippen LogP contribution in [0.4, 0.5) is 9.59 Å². The number of primary amides is 1. The molecule has 7 heteroatoms. The summed E-state index contributed by atoms with van der Waals surface area (Å²) in [5.74, 6) is 0. The number of rotatable bonds is 4. The van der Waals surface area contributed by atoms with E-state index in [1.165, 1.54) is 0 Å². The standard InChI is InChI=1S/C11H13NOS.CH3NOS.Na.H/c1-2-6-10(12-11(13)14)9-7-4-3-5-8-9;2-1(3)4;;/h2-5,7-8,10H,1,6H2,(H2,12,13,14);(H3,2,3,4);;/q;;+1;-1. The number of carbonyl (C=O) groups is 2. The van der Waals surface area contributed by atoms with Gasteiger partial charge in [-0.2, -0.15) is 0 Å². The van der Waals surface area contributed by atoms with Gasteiger partial charge in [-0.25, -0.2) is 0 Å². The van der Waals surface area contributed by atoms with E-state index in [1.807, 2.05) is 30.3 Å². The monoisotopic (exact) mass is 308 g/mol. The van der Waals surface area contributed by atoms with Gasteiger partial charge in [0.15, 0.2) is 0 Å². The van der Waals surface area contributed by atoms with E-state index in [4.69, 9.17) is 4.79 Å². The minimum Gasteiger partial charge on any atom is -1.00 e. The third-order valence-electron chi connectivity index (χ3n) is 1.90. The van der Waals surface area contributed by atoms with E-state index in [0.717, 1.165) is 5.56 Å². The van der Waals surface area contributed by atoms with Crippen LogP contribution in [0.25, 0.3) is 0 Å². The van der Waals surface area contributed by atoms with Gasteiger partial charge in [-0.3, -0.25) is 9.59 Å². The molecule has 0 saturated carbocycles. The van der Waals surface area contributed by atoms with Crippen LogP contribution in [0.5, 0.6) is 0 Å². The minimum absolute atomic E-state index is 0. The summed E-state index contributed by atoms with van der Waals surface area (Å²) < 4.78 is 0. The first-order chi connectivity index (χ1) is 8.47. The Labute approximate surface area is 147 Å². The van der Waals surface area contributed by atoms with E-state index in [0.29, 0.717) is 6.42 Å². The van der Waals surface area contributed by atoms with Crippen molar-refractivity contribution in [3.05, 3.63) is 48.6 Å². The van der Waals surface area contributed by atoms with Crippen molar-refractivity contribution in [2.45, 2.75) is 12.5 Å². The van der Waals surface area contributed by atoms with E-state index in [2.05, 4.69) is 42.9 Å². The predicted octanol–water partition coefficient (Wildman–Crippen LogP) is 0.0546. The van der Waals surface area contributed by atoms with Gasteiger partial charge in [0.05, 0.1) is 6.04 Å². The Kier molecular flexibility index (Phi) is 13.9. The number of nitrogens with one attached hydrogen (secondary N) is 1. The maximum atomic E-state index is 10.8. The fourth-order valence-corrected chi connectivity index (χ4v) is 1.44. The zero-order valence-electron chi connectivity index (χ0n) is 11.7. The molecule has 0 spiro atoms. The van der Waals surface area contributed by atoms with E-state index in [-0.39, 0.29) is 42.3 Å². The van der Waals surface area contributed by atoms with Gasteiger partial charge in [0.2, 0.25) is 0 Å². The molecule has 0 aliphatic heterocycles. The van der Waals surface area contributed by atoms with Gasteiger partial charge in [0.1, 0.15) is 0 Å². The molecule has 0 aliphatic carbocycles. The van der Waals surface area contributed by atoms with Crippen LogP contribution in [0.2, 0.25) is 0 Å². The molecule has 1 aromatic carbocycles. The SMILES string of the molecule is C=CCC(NC(=O)S)c1ccccc1.NC(=O)S.[H-].[Na+]. The molecule has 1 rings (SSSR count). The molecule has 0 radical (unpaired) electrons. The second kappa shape index (κ2) is 12.6. The maximum Gasteiger partial charge on any atom is 1.00 e. The van der Waals surface area contributed by atoms with Crippen molar-refractivity contribution >= 4 is 35.7 Å². The smallest absolute Gasteiger partial charge is 1.00 e. The molecule has 1 aromatic rings. The molecular weight excluding hydrogens is 291 g/mol. The molecule has 2 amide bonds. The predicted molar refractivity (Wildman–Crippen MR) is 81.2 cm³/mol. The Morgan fingerprint density at radius 1 is 1.37 bits per heavy atom. The first-order valence-electron chi connectivity index (χ1n) is 5.11. The van der Waals surface area contributed by atoms with Crippen molar-refractivity contribution in [2.75, 3.05) is 0 Å². The molecule has 0 bridgehead atoms. The Morgan fingerprint density at radius 2 is 1.84 bits per heavy atom. The van der Waals surface area contributed by atoms with Gasteiger partial charge in [-0.05, 0) is 12.0 Å². The maximum absolute atomic E-state index is 10.8. The number of hydrogen-bond acceptors (Lipinski definition) is 2. The third-order valence-corrected chi connectivity index (χ3v) is 2.03. The van der Waals surface area contributed by atoms with Gasteiger partial charge in [0.25, 0.3) is 10.5 Å². The van der Waals surface area contributed by atoms with Crippen molar-refractivity contribution in [1.29, 1.82) is 0 Å². The summed E-state index contributed by atoms with van der Waals surface area (Å²) in [5, 5.41) is 1.79. The average Bonchev–Trinajstić information content (AvgIpc) is 2.28. The Bertz CT molecular complexity index is 404. The van der Waals surface area contributed by atoms with Crippen LogP contribution in [-0.2, 0) is 0 Å². The Hall–Kier alpha value is -0.400. The number of thiol groups is 2. The fourth-order valence-electron chi connectivity index (χ4n) is 1.28. The van der Waals surface area contributed by atoms with Gasteiger partial charge in [-0.15, -0.1) is 6.58 Å². The number of amides is 2. The molecule has 0 fully saturated rings. The summed E-state index contributed by atoms with van der Waals surface area (Å²) in [6.07, 6.45) is 2.48. The number of hydrogen-bond donors (Lipinski definition) is 4. The van der Waals surface area contributed by atoms with Crippen LogP contribution in [0.15, 0.2) is 43.0 Å². The average molecular weight is 308 g/mol. The first kappa shape index (κ1) is 20.9. The van der Waals surface area contributed by atoms with Crippen molar-refractivity contribution in [3.8, 4) is 0 Å². The van der Waals surface area contributed by atoms with Gasteiger partial charge in [-0.1, -0.05) is 61.7 Å². The number of nitrogens with two attached hydrogens (primary N) is 1. The van der Waals surface area contributed by atoms with Crippen LogP contribution >= 0.6 is 25.3 Å². The second-order valence-corrected chi connectivity index (χ2v) is 4.12. The van der Waals surface area contributed by atoms with Crippen molar-refractivity contribution in [1.82, 2.24) is 5.32 Å². The fraction of sp³-hybridized carbons (Fsp3) is 0.167. The van der Waals surface area contributed by atoms with Gasteiger partial charge >= 0.3 is 29.6 Å². The van der Waals surface area contributed by atoms with Gasteiger partial charge < -0.3 is 12.5 Å². The molecule has 0 saturated heterocycles. The molecule has 3 N–H and O–H groups in total. The van der Waals surface area contributed by atoms with E-state index < -0.39 is 5.24 Å². The largest absolute Gasteiger partial charge is 1.00 e. The minimum atomic E-state index is -0.639. The van der Waals surface area contributed by atoms with Crippen LogP contribution in [0.3, 0.4) is 0 Å².